The number of sulfonamides is 1. The van der Waals surface area contributed by atoms with Gasteiger partial charge in [-0.2, -0.15) is 0 Å². The maximum absolute atomic E-state index is 13.5. The Morgan fingerprint density at radius 2 is 1.72 bits per heavy atom. The highest BCUT2D eigenvalue weighted by atomic mass is 32.2. The molecule has 0 saturated heterocycles. The summed E-state index contributed by atoms with van der Waals surface area (Å²) < 4.78 is 38.7. The topological polar surface area (TPSA) is 66.5 Å². The van der Waals surface area contributed by atoms with Crippen molar-refractivity contribution >= 4 is 21.6 Å². The van der Waals surface area contributed by atoms with E-state index in [1.807, 2.05) is 37.3 Å². The van der Waals surface area contributed by atoms with E-state index in [1.165, 1.54) is 25.1 Å². The number of nitrogens with one attached hydrogen (secondary N) is 1. The molecule has 2 aromatic carbocycles. The summed E-state index contributed by atoms with van der Waals surface area (Å²) in [4.78, 5) is 12.6. The van der Waals surface area contributed by atoms with Crippen molar-refractivity contribution in [1.82, 2.24) is 5.32 Å². The van der Waals surface area contributed by atoms with E-state index in [1.54, 1.807) is 0 Å². The number of hydrogen-bond donors (Lipinski definition) is 1. The molecule has 2 rings (SSSR count). The zero-order chi connectivity index (χ0) is 18.6. The van der Waals surface area contributed by atoms with Gasteiger partial charge in [0.05, 0.1) is 18.0 Å². The molecule has 0 saturated carbocycles. The van der Waals surface area contributed by atoms with Crippen LogP contribution in [0.4, 0.5) is 10.1 Å². The average molecular weight is 364 g/mol. The van der Waals surface area contributed by atoms with Crippen LogP contribution < -0.4 is 9.62 Å². The van der Waals surface area contributed by atoms with Gasteiger partial charge < -0.3 is 5.32 Å². The number of rotatable bonds is 6. The fourth-order valence-electron chi connectivity index (χ4n) is 2.58. The second-order valence-corrected chi connectivity index (χ2v) is 7.72. The molecule has 5 nitrogen and oxygen atoms in total. The maximum atomic E-state index is 13.5. The number of carbonyl (C=O) groups excluding carboxylic acids is 1. The van der Waals surface area contributed by atoms with E-state index in [0.717, 1.165) is 22.2 Å². The van der Waals surface area contributed by atoms with Crippen LogP contribution in [0.2, 0.25) is 0 Å². The lowest BCUT2D eigenvalue weighted by atomic mass is 10.1. The number of hydrogen-bond acceptors (Lipinski definition) is 3. The molecular weight excluding hydrogens is 343 g/mol. The zero-order valence-corrected chi connectivity index (χ0v) is 15.1. The summed E-state index contributed by atoms with van der Waals surface area (Å²) in [5.74, 6) is -1.04. The van der Waals surface area contributed by atoms with Crippen molar-refractivity contribution in [1.29, 1.82) is 0 Å². The molecule has 2 atom stereocenters. The van der Waals surface area contributed by atoms with Crippen molar-refractivity contribution < 1.29 is 17.6 Å². The van der Waals surface area contributed by atoms with Crippen LogP contribution in [-0.2, 0) is 14.8 Å². The molecule has 0 aliphatic heterocycles. The van der Waals surface area contributed by atoms with Crippen molar-refractivity contribution in [3.05, 3.63) is 66.0 Å². The monoisotopic (exact) mass is 364 g/mol. The minimum absolute atomic E-state index is 0.109. The van der Waals surface area contributed by atoms with Crippen LogP contribution in [0.1, 0.15) is 25.5 Å². The van der Waals surface area contributed by atoms with Crippen LogP contribution in [0.25, 0.3) is 0 Å². The van der Waals surface area contributed by atoms with Gasteiger partial charge in [0.1, 0.15) is 11.9 Å². The quantitative estimate of drug-likeness (QED) is 0.857. The molecule has 7 heteroatoms. The van der Waals surface area contributed by atoms with Gasteiger partial charge in [-0.05, 0) is 37.6 Å². The first-order chi connectivity index (χ1) is 11.7. The summed E-state index contributed by atoms with van der Waals surface area (Å²) in [6.07, 6.45) is 0.988. The fourth-order valence-corrected chi connectivity index (χ4v) is 3.75. The Kier molecular flexibility index (Phi) is 5.79. The Hall–Kier alpha value is -2.41. The first-order valence-corrected chi connectivity index (χ1v) is 9.65. The second kappa shape index (κ2) is 7.65. The maximum Gasteiger partial charge on any atom is 0.244 e. The molecule has 134 valence electrons. The molecule has 0 aliphatic rings. The van der Waals surface area contributed by atoms with Crippen LogP contribution >= 0.6 is 0 Å². The number of benzene rings is 2. The first kappa shape index (κ1) is 18.9. The molecule has 0 aromatic heterocycles. The largest absolute Gasteiger partial charge is 0.348 e. The molecule has 0 bridgehead atoms. The lowest BCUT2D eigenvalue weighted by Gasteiger charge is -2.29. The smallest absolute Gasteiger partial charge is 0.244 e. The third-order valence-electron chi connectivity index (χ3n) is 3.81. The van der Waals surface area contributed by atoms with E-state index in [0.29, 0.717) is 0 Å². The molecule has 0 radical (unpaired) electrons. The molecule has 0 heterocycles. The Morgan fingerprint density at radius 1 is 1.08 bits per heavy atom. The molecule has 1 amide bonds. The van der Waals surface area contributed by atoms with Gasteiger partial charge in [-0.15, -0.1) is 0 Å². The number of nitrogens with zero attached hydrogens (tertiary/aromatic N) is 1. The molecule has 0 fully saturated rings. The van der Waals surface area contributed by atoms with Crippen LogP contribution in [0.5, 0.6) is 0 Å². The lowest BCUT2D eigenvalue weighted by Crippen LogP contribution is -2.48. The zero-order valence-electron chi connectivity index (χ0n) is 14.3. The Morgan fingerprint density at radius 3 is 2.28 bits per heavy atom. The van der Waals surface area contributed by atoms with Gasteiger partial charge in [0, 0.05) is 0 Å². The minimum Gasteiger partial charge on any atom is -0.348 e. The van der Waals surface area contributed by atoms with Crippen molar-refractivity contribution in [3.63, 3.8) is 0 Å². The molecule has 2 aromatic rings. The van der Waals surface area contributed by atoms with Crippen LogP contribution in [-0.4, -0.2) is 26.6 Å². The number of carbonyl (C=O) groups is 1. The number of halogens is 1. The lowest BCUT2D eigenvalue weighted by molar-refractivity contribution is -0.122. The summed E-state index contributed by atoms with van der Waals surface area (Å²) in [5.41, 5.74) is 1.01. The van der Waals surface area contributed by atoms with Crippen molar-refractivity contribution in [2.75, 3.05) is 10.6 Å². The van der Waals surface area contributed by atoms with E-state index in [9.17, 15) is 17.6 Å². The molecule has 0 unspecified atom stereocenters. The minimum atomic E-state index is -3.77. The van der Waals surface area contributed by atoms with Crippen molar-refractivity contribution in [3.8, 4) is 0 Å². The third-order valence-corrected chi connectivity index (χ3v) is 5.05. The fraction of sp³-hybridized carbons (Fsp3) is 0.278. The highest BCUT2D eigenvalue weighted by Gasteiger charge is 2.30. The predicted molar refractivity (Wildman–Crippen MR) is 96.2 cm³/mol. The van der Waals surface area contributed by atoms with Gasteiger partial charge in [0.15, 0.2) is 0 Å². The standard InChI is InChI=1S/C18H21FN2O3S/c1-13(15-8-5-4-6-9-15)20-18(22)14(2)21(25(3,23)24)17-11-7-10-16(19)12-17/h4-14H,1-3H3,(H,20,22)/t13-,14+/m1/s1. The predicted octanol–water partition coefficient (Wildman–Crippen LogP) is 2.86. The van der Waals surface area contributed by atoms with Crippen LogP contribution in [0.3, 0.4) is 0 Å². The van der Waals surface area contributed by atoms with Gasteiger partial charge >= 0.3 is 0 Å². The van der Waals surface area contributed by atoms with Gasteiger partial charge in [-0.25, -0.2) is 12.8 Å². The molecule has 25 heavy (non-hydrogen) atoms. The van der Waals surface area contributed by atoms with Crippen LogP contribution in [0.15, 0.2) is 54.6 Å². The SMILES string of the molecule is C[C@@H](NC(=O)[C@H](C)N(c1cccc(F)c1)S(C)(=O)=O)c1ccccc1. The number of amides is 1. The van der Waals surface area contributed by atoms with Crippen molar-refractivity contribution in [2.24, 2.45) is 0 Å². The summed E-state index contributed by atoms with van der Waals surface area (Å²) >= 11 is 0. The van der Waals surface area contributed by atoms with E-state index >= 15 is 0 Å². The van der Waals surface area contributed by atoms with Gasteiger partial charge in [-0.1, -0.05) is 36.4 Å². The van der Waals surface area contributed by atoms with Gasteiger partial charge in [0.25, 0.3) is 0 Å². The van der Waals surface area contributed by atoms with E-state index in [-0.39, 0.29) is 11.7 Å². The average Bonchev–Trinajstić information content (AvgIpc) is 2.54. The second-order valence-electron chi connectivity index (χ2n) is 5.86. The molecule has 1 N–H and O–H groups in total. The summed E-state index contributed by atoms with van der Waals surface area (Å²) in [6.45, 7) is 3.28. The van der Waals surface area contributed by atoms with Gasteiger partial charge in [-0.3, -0.25) is 9.10 Å². The molecule has 0 aliphatic carbocycles. The van der Waals surface area contributed by atoms with E-state index < -0.39 is 27.8 Å². The Bertz CT molecular complexity index is 840. The number of anilines is 1. The Balaban J connectivity index is 2.24. The van der Waals surface area contributed by atoms with E-state index in [4.69, 9.17) is 0 Å². The summed E-state index contributed by atoms with van der Waals surface area (Å²) in [6, 6.07) is 13.2. The summed E-state index contributed by atoms with van der Waals surface area (Å²) in [7, 11) is -3.77. The van der Waals surface area contributed by atoms with E-state index in [2.05, 4.69) is 5.32 Å². The normalized spacial score (nSPS) is 13.8. The third kappa shape index (κ3) is 4.79. The van der Waals surface area contributed by atoms with Crippen molar-refractivity contribution in [2.45, 2.75) is 25.9 Å². The highest BCUT2D eigenvalue weighted by Crippen LogP contribution is 2.22. The molecular formula is C18H21FN2O3S. The van der Waals surface area contributed by atoms with Crippen LogP contribution in [0, 0.1) is 5.82 Å². The summed E-state index contributed by atoms with van der Waals surface area (Å²) in [5, 5.41) is 2.79. The Labute approximate surface area is 147 Å². The first-order valence-electron chi connectivity index (χ1n) is 7.80. The highest BCUT2D eigenvalue weighted by molar-refractivity contribution is 7.92. The molecule has 0 spiro atoms. The van der Waals surface area contributed by atoms with Gasteiger partial charge in [0.2, 0.25) is 15.9 Å².